The molecule has 3 aromatic rings. The van der Waals surface area contributed by atoms with Gasteiger partial charge in [-0.25, -0.2) is 15.0 Å². The molecule has 1 N–H and O–H groups in total. The molecule has 2 heterocycles. The summed E-state index contributed by atoms with van der Waals surface area (Å²) in [6, 6.07) is 8.07. The van der Waals surface area contributed by atoms with Crippen molar-refractivity contribution in [1.82, 2.24) is 24.7 Å². The van der Waals surface area contributed by atoms with Gasteiger partial charge in [-0.15, -0.1) is 0 Å². The molecule has 1 aliphatic rings. The Labute approximate surface area is 157 Å². The number of aromatic nitrogens is 5. The Morgan fingerprint density at radius 1 is 1.33 bits per heavy atom. The summed E-state index contributed by atoms with van der Waals surface area (Å²) >= 11 is 0. The number of benzene rings is 1. The smallest absolute Gasteiger partial charge is 0.163 e. The van der Waals surface area contributed by atoms with E-state index in [0.717, 1.165) is 35.2 Å². The first-order chi connectivity index (χ1) is 13.0. The number of aryl methyl sites for hydroxylation is 1. The molecule has 1 aliphatic carbocycles. The van der Waals surface area contributed by atoms with Crippen LogP contribution in [0.25, 0.3) is 11.4 Å². The number of aliphatic hydroxyl groups excluding tert-OH is 1. The zero-order valence-corrected chi connectivity index (χ0v) is 15.3. The molecule has 7 nitrogen and oxygen atoms in total. The minimum atomic E-state index is -0.333. The van der Waals surface area contributed by atoms with Crippen LogP contribution in [0.5, 0.6) is 0 Å². The predicted octanol–water partition coefficient (Wildman–Crippen LogP) is 1.93. The van der Waals surface area contributed by atoms with Gasteiger partial charge < -0.3 is 5.11 Å². The van der Waals surface area contributed by atoms with Gasteiger partial charge in [0.25, 0.3) is 0 Å². The third-order valence-corrected chi connectivity index (χ3v) is 5.28. The highest BCUT2D eigenvalue weighted by atomic mass is 16.3. The highest BCUT2D eigenvalue weighted by Gasteiger charge is 2.35. The first-order valence-corrected chi connectivity index (χ1v) is 8.87. The van der Waals surface area contributed by atoms with E-state index in [1.165, 1.54) is 6.33 Å². The molecule has 0 fully saturated rings. The van der Waals surface area contributed by atoms with Crippen molar-refractivity contribution in [3.05, 3.63) is 58.9 Å². The summed E-state index contributed by atoms with van der Waals surface area (Å²) < 4.78 is 1.74. The minimum absolute atomic E-state index is 0.0520. The van der Waals surface area contributed by atoms with Gasteiger partial charge in [0, 0.05) is 24.2 Å². The van der Waals surface area contributed by atoms with Crippen molar-refractivity contribution in [2.24, 2.45) is 7.05 Å². The maximum Gasteiger partial charge on any atom is 0.163 e. The Morgan fingerprint density at radius 2 is 2.19 bits per heavy atom. The normalized spacial score (nSPS) is 18.3. The molecule has 0 aliphatic heterocycles. The topological polar surface area (TPSA) is 101 Å². The number of fused-ring (bicyclic) bond motifs is 1. The van der Waals surface area contributed by atoms with E-state index < -0.39 is 0 Å². The Balaban J connectivity index is 1.75. The predicted molar refractivity (Wildman–Crippen MR) is 98.8 cm³/mol. The molecule has 2 aromatic heterocycles. The van der Waals surface area contributed by atoms with Crippen molar-refractivity contribution in [1.29, 1.82) is 5.26 Å². The van der Waals surface area contributed by atoms with Crippen LogP contribution in [0.4, 0.5) is 0 Å². The lowest BCUT2D eigenvalue weighted by Crippen LogP contribution is -2.23. The molecule has 1 unspecified atom stereocenters. The van der Waals surface area contributed by atoms with Gasteiger partial charge in [0.15, 0.2) is 5.82 Å². The van der Waals surface area contributed by atoms with E-state index >= 15 is 0 Å². The van der Waals surface area contributed by atoms with Crippen molar-refractivity contribution in [2.45, 2.75) is 31.6 Å². The molecule has 1 atom stereocenters. The second-order valence-corrected chi connectivity index (χ2v) is 7.26. The fraction of sp³-hybridized carbons (Fsp3) is 0.350. The average molecular weight is 360 g/mol. The monoisotopic (exact) mass is 360 g/mol. The van der Waals surface area contributed by atoms with Crippen LogP contribution in [-0.2, 0) is 25.3 Å². The molecule has 7 heteroatoms. The summed E-state index contributed by atoms with van der Waals surface area (Å²) in [5.41, 5.74) is 4.00. The fourth-order valence-electron chi connectivity index (χ4n) is 3.68. The first kappa shape index (κ1) is 17.3. The molecule has 0 saturated carbocycles. The van der Waals surface area contributed by atoms with E-state index in [-0.39, 0.29) is 12.0 Å². The summed E-state index contributed by atoms with van der Waals surface area (Å²) in [5.74, 6) is 1.16. The van der Waals surface area contributed by atoms with Gasteiger partial charge in [-0.3, -0.25) is 4.68 Å². The standard InChI is InChI=1S/C20H20N6O/c1-20(11-27)5-3-16-14(10-21)7-13(8-17(16)20)19-23-12-22-18(24-19)9-15-4-6-26(2)25-15/h4,6-8,12,27H,3,5,9,11H2,1-2H3. The largest absolute Gasteiger partial charge is 0.395 e. The van der Waals surface area contributed by atoms with E-state index in [0.29, 0.717) is 23.6 Å². The Kier molecular flexibility index (Phi) is 4.21. The molecule has 0 bridgehead atoms. The molecule has 0 radical (unpaired) electrons. The van der Waals surface area contributed by atoms with Gasteiger partial charge in [-0.2, -0.15) is 10.4 Å². The van der Waals surface area contributed by atoms with Crippen molar-refractivity contribution in [3.8, 4) is 17.5 Å². The summed E-state index contributed by atoms with van der Waals surface area (Å²) in [6.45, 7) is 2.08. The highest BCUT2D eigenvalue weighted by Crippen LogP contribution is 2.41. The van der Waals surface area contributed by atoms with Crippen molar-refractivity contribution in [2.75, 3.05) is 6.61 Å². The minimum Gasteiger partial charge on any atom is -0.395 e. The van der Waals surface area contributed by atoms with Crippen LogP contribution in [0.15, 0.2) is 30.7 Å². The lowest BCUT2D eigenvalue weighted by atomic mass is 9.83. The van der Waals surface area contributed by atoms with Crippen LogP contribution in [0.3, 0.4) is 0 Å². The maximum atomic E-state index is 9.87. The summed E-state index contributed by atoms with van der Waals surface area (Å²) in [6.07, 6.45) is 5.52. The average Bonchev–Trinajstić information content (AvgIpc) is 3.25. The van der Waals surface area contributed by atoms with Crippen LogP contribution in [0.1, 0.15) is 41.6 Å². The molecular weight excluding hydrogens is 340 g/mol. The van der Waals surface area contributed by atoms with Crippen LogP contribution < -0.4 is 0 Å². The lowest BCUT2D eigenvalue weighted by molar-refractivity contribution is 0.206. The SMILES string of the molecule is Cn1ccc(Cc2ncnc(-c3cc(C#N)c4c(c3)C(C)(CO)CC4)n2)n1. The first-order valence-electron chi connectivity index (χ1n) is 8.87. The van der Waals surface area contributed by atoms with Crippen molar-refractivity contribution < 1.29 is 5.11 Å². The van der Waals surface area contributed by atoms with E-state index in [4.69, 9.17) is 0 Å². The number of hydrogen-bond donors (Lipinski definition) is 1. The molecule has 27 heavy (non-hydrogen) atoms. The summed E-state index contributed by atoms with van der Waals surface area (Å²) in [7, 11) is 1.87. The third-order valence-electron chi connectivity index (χ3n) is 5.28. The van der Waals surface area contributed by atoms with Gasteiger partial charge in [0.2, 0.25) is 0 Å². The van der Waals surface area contributed by atoms with Crippen LogP contribution in [0, 0.1) is 11.3 Å². The van der Waals surface area contributed by atoms with Crippen LogP contribution in [-0.4, -0.2) is 36.4 Å². The molecule has 0 spiro atoms. The second kappa shape index (κ2) is 6.56. The number of rotatable bonds is 4. The van der Waals surface area contributed by atoms with Gasteiger partial charge >= 0.3 is 0 Å². The zero-order valence-electron chi connectivity index (χ0n) is 15.3. The van der Waals surface area contributed by atoms with E-state index in [2.05, 4.69) is 26.1 Å². The fourth-order valence-corrected chi connectivity index (χ4v) is 3.68. The van der Waals surface area contributed by atoms with E-state index in [1.54, 1.807) is 4.68 Å². The highest BCUT2D eigenvalue weighted by molar-refractivity contribution is 5.64. The van der Waals surface area contributed by atoms with Crippen LogP contribution in [0.2, 0.25) is 0 Å². The number of aliphatic hydroxyl groups is 1. The van der Waals surface area contributed by atoms with Crippen LogP contribution >= 0.6 is 0 Å². The van der Waals surface area contributed by atoms with Gasteiger partial charge in [-0.05, 0) is 42.2 Å². The van der Waals surface area contributed by atoms with E-state index in [9.17, 15) is 10.4 Å². The second-order valence-electron chi connectivity index (χ2n) is 7.26. The number of hydrogen-bond acceptors (Lipinski definition) is 6. The molecule has 4 rings (SSSR count). The summed E-state index contributed by atoms with van der Waals surface area (Å²) in [4.78, 5) is 13.1. The van der Waals surface area contributed by atoms with Crippen molar-refractivity contribution in [3.63, 3.8) is 0 Å². The Bertz CT molecular complexity index is 1050. The lowest BCUT2D eigenvalue weighted by Gasteiger charge is -2.23. The zero-order chi connectivity index (χ0) is 19.0. The molecule has 0 amide bonds. The number of nitrogens with zero attached hydrogens (tertiary/aromatic N) is 6. The maximum absolute atomic E-state index is 9.87. The molecular formula is C20H20N6O. The molecule has 1 aromatic carbocycles. The Hall–Kier alpha value is -3.11. The van der Waals surface area contributed by atoms with Gasteiger partial charge in [0.05, 0.1) is 30.4 Å². The molecule has 136 valence electrons. The Morgan fingerprint density at radius 3 is 2.89 bits per heavy atom. The van der Waals surface area contributed by atoms with Gasteiger partial charge in [-0.1, -0.05) is 6.92 Å². The molecule has 0 saturated heterocycles. The van der Waals surface area contributed by atoms with Gasteiger partial charge in [0.1, 0.15) is 12.2 Å². The van der Waals surface area contributed by atoms with Crippen molar-refractivity contribution >= 4 is 0 Å². The summed E-state index contributed by atoms with van der Waals surface area (Å²) in [5, 5.41) is 23.8. The third kappa shape index (κ3) is 3.09. The number of nitriles is 1. The quantitative estimate of drug-likeness (QED) is 0.763. The van der Waals surface area contributed by atoms with E-state index in [1.807, 2.05) is 38.4 Å².